The number of likely N-dealkylation sites (N-methyl/N-ethyl adjacent to an activating group) is 1. The molecule has 0 fully saturated rings. The topological polar surface area (TPSA) is 183 Å². The molecule has 0 spiro atoms. The van der Waals surface area contributed by atoms with Gasteiger partial charge in [-0.15, -0.1) is 21.5 Å². The van der Waals surface area contributed by atoms with Crippen molar-refractivity contribution in [3.8, 4) is 5.75 Å². The van der Waals surface area contributed by atoms with Gasteiger partial charge < -0.3 is 19.6 Å². The van der Waals surface area contributed by atoms with Crippen molar-refractivity contribution in [1.29, 1.82) is 0 Å². The van der Waals surface area contributed by atoms with E-state index in [0.717, 1.165) is 0 Å². The zero-order valence-corrected chi connectivity index (χ0v) is 22.4. The van der Waals surface area contributed by atoms with Crippen molar-refractivity contribution >= 4 is 37.5 Å². The summed E-state index contributed by atoms with van der Waals surface area (Å²) in [4.78, 5) is 27.1. The number of thiophene rings is 1. The predicted molar refractivity (Wildman–Crippen MR) is 131 cm³/mol. The number of carbonyl (C=O) groups is 1. The fraction of sp³-hybridized carbons (Fsp3) is 0.450. The summed E-state index contributed by atoms with van der Waals surface area (Å²) < 4.78 is 64.9. The van der Waals surface area contributed by atoms with E-state index in [2.05, 4.69) is 10.2 Å². The standard InChI is InChI=1S/C20H26N4O10S3/c1-3-21-16-12-23(9-6-10-32-2)37(30,31)19-15(16)11-18(35-19)36(28,29)22-20(25)34-17-8-5-4-7-14(17)13-33-24(26)27/h4-5,7-8,11,16,21H,3,6,9-10,12-13H2,1-2H3,(H,22,25)/t16-/m0/s1. The molecule has 1 aromatic heterocycles. The summed E-state index contributed by atoms with van der Waals surface area (Å²) in [5, 5.41) is 12.6. The van der Waals surface area contributed by atoms with E-state index in [9.17, 15) is 31.7 Å². The number of methoxy groups -OCH3 is 1. The van der Waals surface area contributed by atoms with Crippen LogP contribution in [0.15, 0.2) is 38.8 Å². The smallest absolute Gasteiger partial charge is 0.409 e. The minimum absolute atomic E-state index is 0.113. The molecule has 3 rings (SSSR count). The first-order valence-corrected chi connectivity index (χ1v) is 14.7. The van der Waals surface area contributed by atoms with E-state index in [1.165, 1.54) is 41.7 Å². The molecule has 0 saturated carbocycles. The molecule has 2 heterocycles. The number of amides is 1. The number of hydrogen-bond acceptors (Lipinski definition) is 12. The third-order valence-electron chi connectivity index (χ3n) is 5.23. The number of benzene rings is 1. The molecule has 1 aliphatic heterocycles. The molecule has 2 aromatic rings. The predicted octanol–water partition coefficient (Wildman–Crippen LogP) is 1.63. The maximum Gasteiger partial charge on any atom is 0.426 e. The maximum absolute atomic E-state index is 13.2. The molecule has 1 amide bonds. The number of nitrogens with zero attached hydrogens (tertiary/aromatic N) is 2. The molecule has 204 valence electrons. The van der Waals surface area contributed by atoms with Gasteiger partial charge in [-0.05, 0) is 25.1 Å². The van der Waals surface area contributed by atoms with Crippen LogP contribution in [0, 0.1) is 10.1 Å². The number of para-hydroxylation sites is 1. The summed E-state index contributed by atoms with van der Waals surface area (Å²) in [6.45, 7) is 2.50. The van der Waals surface area contributed by atoms with Gasteiger partial charge in [0.05, 0.1) is 0 Å². The average Bonchev–Trinajstić information content (AvgIpc) is 3.29. The lowest BCUT2D eigenvalue weighted by Gasteiger charge is -2.32. The molecule has 37 heavy (non-hydrogen) atoms. The van der Waals surface area contributed by atoms with Crippen LogP contribution >= 0.6 is 11.3 Å². The first kappa shape index (κ1) is 28.7. The van der Waals surface area contributed by atoms with Crippen molar-refractivity contribution in [3.05, 3.63) is 51.6 Å². The van der Waals surface area contributed by atoms with Gasteiger partial charge in [-0.3, -0.25) is 0 Å². The number of ether oxygens (including phenoxy) is 2. The third-order valence-corrected chi connectivity index (χ3v) is 10.6. The number of carbonyl (C=O) groups excluding carboxylic acids is 1. The Hall–Kier alpha value is -2.83. The molecule has 1 aliphatic rings. The molecule has 0 bridgehead atoms. The van der Waals surface area contributed by atoms with Gasteiger partial charge in [-0.2, -0.15) is 4.31 Å². The van der Waals surface area contributed by atoms with E-state index >= 15 is 0 Å². The summed E-state index contributed by atoms with van der Waals surface area (Å²) in [6.07, 6.45) is -0.922. The first-order valence-electron chi connectivity index (χ1n) is 11.0. The molecular formula is C20H26N4O10S3. The van der Waals surface area contributed by atoms with Crippen LogP contribution in [0.2, 0.25) is 0 Å². The van der Waals surface area contributed by atoms with Crippen LogP contribution in [0.5, 0.6) is 5.75 Å². The SMILES string of the molecule is CCN[C@H]1CN(CCCOC)S(=O)(=O)c2sc(S(=O)(=O)NC(=O)Oc3ccccc3CO[N+](=O)[O-])cc21. The summed E-state index contributed by atoms with van der Waals surface area (Å²) in [7, 11) is -6.97. The minimum Gasteiger partial charge on any atom is -0.409 e. The van der Waals surface area contributed by atoms with Gasteiger partial charge in [0.2, 0.25) is 0 Å². The van der Waals surface area contributed by atoms with Gasteiger partial charge in [0.15, 0.2) is 0 Å². The molecule has 2 N–H and O–H groups in total. The van der Waals surface area contributed by atoms with Gasteiger partial charge in [0, 0.05) is 44.0 Å². The summed E-state index contributed by atoms with van der Waals surface area (Å²) in [5.41, 5.74) is 0.428. The van der Waals surface area contributed by atoms with Gasteiger partial charge in [0.1, 0.15) is 20.8 Å². The summed E-state index contributed by atoms with van der Waals surface area (Å²) >= 11 is 0.530. The largest absolute Gasteiger partial charge is 0.426 e. The second kappa shape index (κ2) is 12.1. The number of fused-ring (bicyclic) bond motifs is 1. The van der Waals surface area contributed by atoms with Crippen LogP contribution in [-0.4, -0.2) is 65.7 Å². The number of nitrogens with one attached hydrogen (secondary N) is 2. The lowest BCUT2D eigenvalue weighted by molar-refractivity contribution is -0.763. The molecule has 1 atom stereocenters. The van der Waals surface area contributed by atoms with Gasteiger partial charge in [-0.1, -0.05) is 25.1 Å². The summed E-state index contributed by atoms with van der Waals surface area (Å²) in [6, 6.07) is 6.48. The normalized spacial score (nSPS) is 17.1. The van der Waals surface area contributed by atoms with Crippen molar-refractivity contribution in [2.45, 2.75) is 34.4 Å². The molecule has 0 radical (unpaired) electrons. The Morgan fingerprint density at radius 3 is 2.73 bits per heavy atom. The average molecular weight is 579 g/mol. The van der Waals surface area contributed by atoms with E-state index in [4.69, 9.17) is 9.47 Å². The van der Waals surface area contributed by atoms with Crippen LogP contribution in [-0.2, 0) is 36.2 Å². The van der Waals surface area contributed by atoms with Gasteiger partial charge in [-0.25, -0.2) is 26.4 Å². The first-order chi connectivity index (χ1) is 17.5. The molecule has 14 nitrogen and oxygen atoms in total. The lowest BCUT2D eigenvalue weighted by atomic mass is 10.1. The maximum atomic E-state index is 13.2. The third kappa shape index (κ3) is 6.93. The van der Waals surface area contributed by atoms with E-state index in [1.807, 2.05) is 6.92 Å². The van der Waals surface area contributed by atoms with Crippen LogP contribution in [0.1, 0.15) is 30.5 Å². The van der Waals surface area contributed by atoms with Gasteiger partial charge >= 0.3 is 6.09 Å². The number of sulfonamides is 2. The molecular weight excluding hydrogens is 552 g/mol. The molecule has 1 aromatic carbocycles. The molecule has 17 heteroatoms. The van der Waals surface area contributed by atoms with Crippen molar-refractivity contribution in [3.63, 3.8) is 0 Å². The highest BCUT2D eigenvalue weighted by atomic mass is 32.3. The Kier molecular flexibility index (Phi) is 9.43. The van der Waals surface area contributed by atoms with Crippen molar-refractivity contribution in [2.75, 3.05) is 33.4 Å². The minimum atomic E-state index is -4.52. The molecule has 0 saturated heterocycles. The van der Waals surface area contributed by atoms with Crippen molar-refractivity contribution < 1.29 is 41.0 Å². The fourth-order valence-electron chi connectivity index (χ4n) is 3.60. The second-order valence-corrected chi connectivity index (χ2v) is 12.8. The van der Waals surface area contributed by atoms with Crippen LogP contribution in [0.25, 0.3) is 0 Å². The number of rotatable bonds is 12. The van der Waals surface area contributed by atoms with E-state index in [-0.39, 0.29) is 32.8 Å². The highest BCUT2D eigenvalue weighted by Gasteiger charge is 2.40. The quantitative estimate of drug-likeness (QED) is 0.212. The van der Waals surface area contributed by atoms with Crippen LogP contribution in [0.3, 0.4) is 0 Å². The van der Waals surface area contributed by atoms with E-state index in [0.29, 0.717) is 36.5 Å². The Bertz CT molecular complexity index is 1340. The monoisotopic (exact) mass is 578 g/mol. The van der Waals surface area contributed by atoms with Crippen LogP contribution < -0.4 is 14.8 Å². The fourth-order valence-corrected chi connectivity index (χ4v) is 8.36. The van der Waals surface area contributed by atoms with Crippen LogP contribution in [0.4, 0.5) is 4.79 Å². The summed E-state index contributed by atoms with van der Waals surface area (Å²) in [5.74, 6) is -0.149. The molecule has 0 unspecified atom stereocenters. The van der Waals surface area contributed by atoms with E-state index < -0.39 is 43.9 Å². The zero-order valence-electron chi connectivity index (χ0n) is 19.9. The Morgan fingerprint density at radius 2 is 2.05 bits per heavy atom. The van der Waals surface area contributed by atoms with Crippen molar-refractivity contribution in [1.82, 2.24) is 14.3 Å². The zero-order chi connectivity index (χ0) is 27.2. The highest BCUT2D eigenvalue weighted by molar-refractivity contribution is 7.94. The highest BCUT2D eigenvalue weighted by Crippen LogP contribution is 2.40. The Labute approximate surface area is 217 Å². The van der Waals surface area contributed by atoms with Crippen molar-refractivity contribution in [2.24, 2.45) is 0 Å². The van der Waals surface area contributed by atoms with Gasteiger partial charge in [0.25, 0.3) is 25.1 Å². The second-order valence-electron chi connectivity index (χ2n) is 7.73. The Morgan fingerprint density at radius 1 is 1.32 bits per heavy atom. The van der Waals surface area contributed by atoms with E-state index in [1.54, 1.807) is 4.72 Å². The lowest BCUT2D eigenvalue weighted by Crippen LogP contribution is -2.43. The Balaban J connectivity index is 1.83. The number of hydrogen-bond donors (Lipinski definition) is 2. The molecule has 0 aliphatic carbocycles.